The third-order valence-corrected chi connectivity index (χ3v) is 0.633. The van der Waals surface area contributed by atoms with E-state index in [4.69, 9.17) is 0 Å². The predicted molar refractivity (Wildman–Crippen MR) is 28.9 cm³/mol. The van der Waals surface area contributed by atoms with Crippen molar-refractivity contribution in [2.75, 3.05) is 14.1 Å². The van der Waals surface area contributed by atoms with Crippen LogP contribution in [-0.4, -0.2) is 25.3 Å². The summed E-state index contributed by atoms with van der Waals surface area (Å²) in [4.78, 5) is 10.8. The van der Waals surface area contributed by atoms with E-state index in [0.717, 1.165) is 6.08 Å². The monoisotopic (exact) mass is 117 g/mol. The van der Waals surface area contributed by atoms with Crippen molar-refractivity contribution in [1.29, 1.82) is 0 Å². The second-order valence-electron chi connectivity index (χ2n) is 1.52. The Morgan fingerprint density at radius 3 is 2.25 bits per heavy atom. The van der Waals surface area contributed by atoms with Crippen LogP contribution in [0.25, 0.3) is 0 Å². The molecule has 0 fully saturated rings. The molecule has 0 radical (unpaired) electrons. The molecule has 0 aliphatic rings. The molecule has 0 unspecified atom stereocenters. The first kappa shape index (κ1) is 7.14. The van der Waals surface area contributed by atoms with Crippen molar-refractivity contribution in [2.45, 2.75) is 0 Å². The third kappa shape index (κ3) is 2.34. The number of hydrogen-bond acceptors (Lipinski definition) is 2. The molecule has 0 saturated heterocycles. The molecule has 0 aliphatic heterocycles. The van der Waals surface area contributed by atoms with Crippen LogP contribution in [0.3, 0.4) is 0 Å². The van der Waals surface area contributed by atoms with Crippen molar-refractivity contribution < 1.29 is 9.18 Å². The highest BCUT2D eigenvalue weighted by Gasteiger charge is 1.91. The zero-order valence-corrected chi connectivity index (χ0v) is 4.89. The Hall–Kier alpha value is -0.860. The second-order valence-corrected chi connectivity index (χ2v) is 1.52. The number of hydrogen-bond donors (Lipinski definition) is 0. The Labute approximate surface area is 47.6 Å². The first-order valence-corrected chi connectivity index (χ1v) is 2.16. The number of carbonyl (C=O) groups is 1. The molecule has 8 heavy (non-hydrogen) atoms. The molecule has 0 spiro atoms. The van der Waals surface area contributed by atoms with Crippen LogP contribution >= 0.6 is 0 Å². The largest absolute Gasteiger partial charge is 0.355 e. The molecule has 2 nitrogen and oxygen atoms in total. The Morgan fingerprint density at radius 2 is 2.12 bits per heavy atom. The summed E-state index contributed by atoms with van der Waals surface area (Å²) in [6.07, 6.45) is 1.27. The van der Waals surface area contributed by atoms with Gasteiger partial charge >= 0.3 is 0 Å². The highest BCUT2D eigenvalue weighted by molar-refractivity contribution is 5.65. The van der Waals surface area contributed by atoms with E-state index in [2.05, 4.69) is 0 Å². The van der Waals surface area contributed by atoms with E-state index in [1.807, 2.05) is 0 Å². The predicted octanol–water partition coefficient (Wildman–Crippen LogP) is 0.558. The molecule has 0 aromatic carbocycles. The number of aldehydes is 1. The van der Waals surface area contributed by atoms with Gasteiger partial charge in [-0.25, -0.2) is 0 Å². The van der Waals surface area contributed by atoms with Gasteiger partial charge in [0.2, 0.25) is 0 Å². The molecule has 46 valence electrons. The van der Waals surface area contributed by atoms with Crippen LogP contribution in [-0.2, 0) is 4.79 Å². The summed E-state index contributed by atoms with van der Waals surface area (Å²) in [7, 11) is 3.05. The summed E-state index contributed by atoms with van der Waals surface area (Å²) in [5.41, 5.74) is 0. The summed E-state index contributed by atoms with van der Waals surface area (Å²) in [6.45, 7) is 0. The van der Waals surface area contributed by atoms with Gasteiger partial charge in [0.25, 0.3) is 0 Å². The van der Waals surface area contributed by atoms with Crippen molar-refractivity contribution in [3.05, 3.63) is 12.0 Å². The van der Waals surface area contributed by atoms with Crippen LogP contribution in [0.15, 0.2) is 12.0 Å². The maximum absolute atomic E-state index is 12.1. The zero-order chi connectivity index (χ0) is 6.57. The van der Waals surface area contributed by atoms with E-state index in [9.17, 15) is 9.18 Å². The van der Waals surface area contributed by atoms with E-state index in [-0.39, 0.29) is 0 Å². The first-order chi connectivity index (χ1) is 3.68. The lowest BCUT2D eigenvalue weighted by Gasteiger charge is -2.05. The summed E-state index contributed by atoms with van der Waals surface area (Å²) in [6, 6.07) is 0. The van der Waals surface area contributed by atoms with Gasteiger partial charge in [0.15, 0.2) is 5.95 Å². The normalized spacial score (nSPS) is 11.1. The van der Waals surface area contributed by atoms with E-state index >= 15 is 0 Å². The van der Waals surface area contributed by atoms with E-state index in [0.29, 0.717) is 6.29 Å². The van der Waals surface area contributed by atoms with Gasteiger partial charge in [-0.2, -0.15) is 4.39 Å². The lowest BCUT2D eigenvalue weighted by Crippen LogP contribution is -2.06. The van der Waals surface area contributed by atoms with Gasteiger partial charge in [-0.15, -0.1) is 0 Å². The fraction of sp³-hybridized carbons (Fsp3) is 0.400. The molecule has 0 saturated carbocycles. The van der Waals surface area contributed by atoms with Crippen molar-refractivity contribution >= 4 is 6.29 Å². The van der Waals surface area contributed by atoms with Gasteiger partial charge in [0.05, 0.1) is 0 Å². The van der Waals surface area contributed by atoms with Crippen molar-refractivity contribution in [3.63, 3.8) is 0 Å². The lowest BCUT2D eigenvalue weighted by atomic mass is 10.6. The molecule has 0 N–H and O–H groups in total. The SMILES string of the molecule is CN(C)/C(F)=C/C=O. The Balaban J connectivity index is 3.78. The highest BCUT2D eigenvalue weighted by atomic mass is 19.1. The smallest absolute Gasteiger partial charge is 0.192 e. The molecule has 0 bridgehead atoms. The fourth-order valence-electron chi connectivity index (χ4n) is 0.205. The summed E-state index contributed by atoms with van der Waals surface area (Å²) in [5.74, 6) is -0.528. The summed E-state index contributed by atoms with van der Waals surface area (Å²) in [5, 5.41) is 0. The van der Waals surface area contributed by atoms with Crippen LogP contribution in [0.2, 0.25) is 0 Å². The van der Waals surface area contributed by atoms with E-state index in [1.54, 1.807) is 0 Å². The summed E-state index contributed by atoms with van der Waals surface area (Å²) < 4.78 is 12.1. The Bertz CT molecular complexity index is 109. The molecule has 0 aliphatic carbocycles. The number of halogens is 1. The maximum atomic E-state index is 12.1. The van der Waals surface area contributed by atoms with E-state index < -0.39 is 5.95 Å². The van der Waals surface area contributed by atoms with Crippen LogP contribution in [0.5, 0.6) is 0 Å². The van der Waals surface area contributed by atoms with E-state index in [1.165, 1.54) is 19.0 Å². The standard InChI is InChI=1S/C5H8FNO/c1-7(2)5(6)3-4-8/h3-4H,1-2H3/b5-3+. The molecule has 0 heterocycles. The second kappa shape index (κ2) is 3.18. The molecular weight excluding hydrogens is 109 g/mol. The third-order valence-electron chi connectivity index (χ3n) is 0.633. The van der Waals surface area contributed by atoms with Gasteiger partial charge in [-0.3, -0.25) is 4.79 Å². The fourth-order valence-corrected chi connectivity index (χ4v) is 0.205. The molecule has 0 aromatic heterocycles. The number of rotatable bonds is 2. The minimum absolute atomic E-state index is 0.412. The maximum Gasteiger partial charge on any atom is 0.192 e. The lowest BCUT2D eigenvalue weighted by molar-refractivity contribution is -0.104. The van der Waals surface area contributed by atoms with Crippen LogP contribution < -0.4 is 0 Å². The van der Waals surface area contributed by atoms with Crippen LogP contribution in [0, 0.1) is 0 Å². The minimum atomic E-state index is -0.528. The first-order valence-electron chi connectivity index (χ1n) is 2.16. The molecule has 3 heteroatoms. The quantitative estimate of drug-likeness (QED) is 0.299. The van der Waals surface area contributed by atoms with Gasteiger partial charge < -0.3 is 4.90 Å². The average molecular weight is 117 g/mol. The van der Waals surface area contributed by atoms with Gasteiger partial charge in [-0.1, -0.05) is 0 Å². The number of nitrogens with zero attached hydrogens (tertiary/aromatic N) is 1. The van der Waals surface area contributed by atoms with Crippen molar-refractivity contribution in [3.8, 4) is 0 Å². The van der Waals surface area contributed by atoms with Crippen LogP contribution in [0.4, 0.5) is 4.39 Å². The molecular formula is C5H8FNO. The number of carbonyl (C=O) groups excluding carboxylic acids is 1. The number of allylic oxidation sites excluding steroid dienone is 1. The summed E-state index contributed by atoms with van der Waals surface area (Å²) >= 11 is 0. The van der Waals surface area contributed by atoms with Crippen molar-refractivity contribution in [2.24, 2.45) is 0 Å². The topological polar surface area (TPSA) is 20.3 Å². The van der Waals surface area contributed by atoms with Gasteiger partial charge in [0.1, 0.15) is 6.29 Å². The molecule has 0 amide bonds. The zero-order valence-electron chi connectivity index (χ0n) is 4.89. The molecule has 0 aromatic rings. The average Bonchev–Trinajstić information content (AvgIpc) is 1.67. The molecule has 0 rings (SSSR count). The van der Waals surface area contributed by atoms with Crippen LogP contribution in [0.1, 0.15) is 0 Å². The minimum Gasteiger partial charge on any atom is -0.355 e. The van der Waals surface area contributed by atoms with Gasteiger partial charge in [-0.05, 0) is 0 Å². The molecule has 0 atom stereocenters. The Kier molecular flexibility index (Phi) is 2.84. The van der Waals surface area contributed by atoms with Gasteiger partial charge in [0, 0.05) is 20.2 Å². The highest BCUT2D eigenvalue weighted by Crippen LogP contribution is 1.95. The Morgan fingerprint density at radius 1 is 1.62 bits per heavy atom. The van der Waals surface area contributed by atoms with Crippen molar-refractivity contribution in [1.82, 2.24) is 4.90 Å².